The van der Waals surface area contributed by atoms with Gasteiger partial charge in [-0.05, 0) is 29.6 Å². The number of carbonyl (C=O) groups is 1. The molecule has 0 bridgehead atoms. The number of ether oxygens (including phenoxy) is 1. The smallest absolute Gasteiger partial charge is 0.387 e. The number of aromatic nitrogens is 2. The molecule has 5 nitrogen and oxygen atoms in total. The number of hydrogen-bond donors (Lipinski definition) is 1. The number of fused-ring (bicyclic) bond motifs is 1. The van der Waals surface area contributed by atoms with Crippen LogP contribution in [0.1, 0.15) is 0 Å². The van der Waals surface area contributed by atoms with Gasteiger partial charge in [0.1, 0.15) is 21.9 Å². The van der Waals surface area contributed by atoms with Crippen LogP contribution in [0.4, 0.5) is 14.5 Å². The quantitative estimate of drug-likeness (QED) is 0.480. The van der Waals surface area contributed by atoms with Gasteiger partial charge in [-0.3, -0.25) is 4.79 Å². The molecule has 0 atom stereocenters. The van der Waals surface area contributed by atoms with Gasteiger partial charge in [-0.1, -0.05) is 23.4 Å². The molecule has 0 saturated carbocycles. The molecule has 1 N–H and O–H groups in total. The van der Waals surface area contributed by atoms with E-state index in [0.29, 0.717) is 5.69 Å². The van der Waals surface area contributed by atoms with Crippen molar-refractivity contribution >= 4 is 56.5 Å². The van der Waals surface area contributed by atoms with Crippen molar-refractivity contribution in [3.63, 3.8) is 0 Å². The Morgan fingerprint density at radius 3 is 2.96 bits per heavy atom. The number of rotatable bonds is 6. The van der Waals surface area contributed by atoms with E-state index in [-0.39, 0.29) is 22.4 Å². The van der Waals surface area contributed by atoms with Gasteiger partial charge in [0.05, 0.1) is 10.8 Å². The summed E-state index contributed by atoms with van der Waals surface area (Å²) < 4.78 is 28.6. The first-order valence-electron chi connectivity index (χ1n) is 6.88. The molecule has 0 radical (unpaired) electrons. The zero-order valence-electron chi connectivity index (χ0n) is 12.4. The molecule has 2 aromatic heterocycles. The molecule has 25 heavy (non-hydrogen) atoms. The normalized spacial score (nSPS) is 11.0. The van der Waals surface area contributed by atoms with Crippen molar-refractivity contribution in [1.82, 2.24) is 9.97 Å². The Morgan fingerprint density at radius 2 is 2.20 bits per heavy atom. The number of alkyl halides is 2. The minimum Gasteiger partial charge on any atom is -0.433 e. The molecule has 1 aromatic carbocycles. The summed E-state index contributed by atoms with van der Waals surface area (Å²) in [7, 11) is 0. The second-order valence-electron chi connectivity index (χ2n) is 4.68. The standard InChI is InChI=1S/C15H10ClF2N3O2S2/c16-10-5-8(1-2-11(10)23-15(17)18)21-12(22)6-25-14-9-3-4-24-13(9)19-7-20-14/h1-5,7,15H,6H2,(H,21,22). The number of benzene rings is 1. The van der Waals surface area contributed by atoms with Crippen LogP contribution in [0, 0.1) is 0 Å². The van der Waals surface area contributed by atoms with Gasteiger partial charge in [0.15, 0.2) is 0 Å². The lowest BCUT2D eigenvalue weighted by atomic mass is 10.3. The first-order chi connectivity index (χ1) is 12.0. The van der Waals surface area contributed by atoms with Gasteiger partial charge in [-0.25, -0.2) is 9.97 Å². The van der Waals surface area contributed by atoms with E-state index in [1.807, 2.05) is 11.4 Å². The van der Waals surface area contributed by atoms with E-state index in [1.54, 1.807) is 0 Å². The number of thiophene rings is 1. The van der Waals surface area contributed by atoms with Crippen molar-refractivity contribution in [2.24, 2.45) is 0 Å². The molecule has 130 valence electrons. The summed E-state index contributed by atoms with van der Waals surface area (Å²) in [6.45, 7) is -2.96. The Hall–Kier alpha value is -1.97. The summed E-state index contributed by atoms with van der Waals surface area (Å²) in [6.07, 6.45) is 1.46. The first-order valence-corrected chi connectivity index (χ1v) is 9.12. The van der Waals surface area contributed by atoms with Crippen LogP contribution in [-0.2, 0) is 4.79 Å². The van der Waals surface area contributed by atoms with Crippen LogP contribution in [0.25, 0.3) is 10.2 Å². The van der Waals surface area contributed by atoms with Crippen LogP contribution >= 0.6 is 34.7 Å². The second kappa shape index (κ2) is 7.94. The van der Waals surface area contributed by atoms with E-state index in [2.05, 4.69) is 20.0 Å². The van der Waals surface area contributed by atoms with Crippen LogP contribution in [0.15, 0.2) is 41.0 Å². The molecule has 3 aromatic rings. The monoisotopic (exact) mass is 401 g/mol. The number of thioether (sulfide) groups is 1. The predicted octanol–water partition coefficient (Wildman–Crippen LogP) is 4.68. The van der Waals surface area contributed by atoms with Crippen molar-refractivity contribution in [1.29, 1.82) is 0 Å². The highest BCUT2D eigenvalue weighted by Gasteiger charge is 2.12. The van der Waals surface area contributed by atoms with E-state index in [1.165, 1.54) is 47.6 Å². The zero-order chi connectivity index (χ0) is 17.8. The molecule has 0 spiro atoms. The molecule has 0 saturated heterocycles. The number of hydrogen-bond acceptors (Lipinski definition) is 6. The van der Waals surface area contributed by atoms with Crippen molar-refractivity contribution < 1.29 is 18.3 Å². The Morgan fingerprint density at radius 1 is 1.36 bits per heavy atom. The number of halogens is 3. The van der Waals surface area contributed by atoms with Crippen LogP contribution < -0.4 is 10.1 Å². The molecule has 10 heteroatoms. The lowest BCUT2D eigenvalue weighted by Crippen LogP contribution is -2.14. The van der Waals surface area contributed by atoms with E-state index < -0.39 is 6.61 Å². The fourth-order valence-electron chi connectivity index (χ4n) is 1.98. The largest absolute Gasteiger partial charge is 0.433 e. The van der Waals surface area contributed by atoms with E-state index >= 15 is 0 Å². The summed E-state index contributed by atoms with van der Waals surface area (Å²) in [5.41, 5.74) is 0.389. The van der Waals surface area contributed by atoms with Crippen LogP contribution in [0.2, 0.25) is 5.02 Å². The van der Waals surface area contributed by atoms with Crippen LogP contribution in [0.3, 0.4) is 0 Å². The average molecular weight is 402 g/mol. The van der Waals surface area contributed by atoms with E-state index in [0.717, 1.165) is 15.2 Å². The topological polar surface area (TPSA) is 64.1 Å². The second-order valence-corrected chi connectivity index (χ2v) is 6.94. The molecule has 0 unspecified atom stereocenters. The number of carbonyl (C=O) groups excluding carboxylic acids is 1. The molecule has 2 heterocycles. The lowest BCUT2D eigenvalue weighted by molar-refractivity contribution is -0.113. The van der Waals surface area contributed by atoms with Gasteiger partial charge < -0.3 is 10.1 Å². The van der Waals surface area contributed by atoms with Crippen molar-refractivity contribution in [2.75, 3.05) is 11.1 Å². The number of anilines is 1. The van der Waals surface area contributed by atoms with Crippen molar-refractivity contribution in [3.8, 4) is 5.75 Å². The highest BCUT2D eigenvalue weighted by Crippen LogP contribution is 2.30. The minimum absolute atomic E-state index is 0.0125. The Bertz CT molecular complexity index is 907. The zero-order valence-corrected chi connectivity index (χ0v) is 14.8. The Labute approximate surface area is 154 Å². The van der Waals surface area contributed by atoms with Crippen molar-refractivity contribution in [3.05, 3.63) is 41.0 Å². The average Bonchev–Trinajstić information content (AvgIpc) is 3.04. The Kier molecular flexibility index (Phi) is 5.67. The summed E-state index contributed by atoms with van der Waals surface area (Å²) in [5, 5.41) is 6.17. The fraction of sp³-hybridized carbons (Fsp3) is 0.133. The van der Waals surface area contributed by atoms with E-state index in [9.17, 15) is 13.6 Å². The SMILES string of the molecule is O=C(CSc1ncnc2sccc12)Nc1ccc(OC(F)F)c(Cl)c1. The molecule has 3 rings (SSSR count). The van der Waals surface area contributed by atoms with Gasteiger partial charge in [0.2, 0.25) is 5.91 Å². The summed E-state index contributed by atoms with van der Waals surface area (Å²) in [5.74, 6) is -0.287. The maximum absolute atomic E-state index is 12.2. The van der Waals surface area contributed by atoms with Gasteiger partial charge in [0, 0.05) is 11.1 Å². The summed E-state index contributed by atoms with van der Waals surface area (Å²) in [4.78, 5) is 21.3. The van der Waals surface area contributed by atoms with Crippen LogP contribution in [0.5, 0.6) is 5.75 Å². The first kappa shape index (κ1) is 17.8. The number of nitrogens with one attached hydrogen (secondary N) is 1. The molecule has 0 aliphatic carbocycles. The van der Waals surface area contributed by atoms with Gasteiger partial charge in [-0.2, -0.15) is 8.78 Å². The molecule has 0 aliphatic heterocycles. The maximum atomic E-state index is 12.2. The van der Waals surface area contributed by atoms with E-state index in [4.69, 9.17) is 11.6 Å². The van der Waals surface area contributed by atoms with Crippen molar-refractivity contribution in [2.45, 2.75) is 11.6 Å². The molecular formula is C15H10ClF2N3O2S2. The third-order valence-corrected chi connectivity index (χ3v) is 5.12. The maximum Gasteiger partial charge on any atom is 0.387 e. The molecule has 1 amide bonds. The summed E-state index contributed by atoms with van der Waals surface area (Å²) in [6, 6.07) is 5.97. The predicted molar refractivity (Wildman–Crippen MR) is 94.9 cm³/mol. The fourth-order valence-corrected chi connectivity index (χ4v) is 3.79. The molecule has 0 aliphatic rings. The lowest BCUT2D eigenvalue weighted by Gasteiger charge is -2.09. The highest BCUT2D eigenvalue weighted by atomic mass is 35.5. The number of nitrogens with zero attached hydrogens (tertiary/aromatic N) is 2. The molecule has 0 fully saturated rings. The Balaban J connectivity index is 1.61. The molecular weight excluding hydrogens is 392 g/mol. The summed E-state index contributed by atoms with van der Waals surface area (Å²) >= 11 is 8.64. The third kappa shape index (κ3) is 4.56. The minimum atomic E-state index is -2.96. The van der Waals surface area contributed by atoms with Gasteiger partial charge in [0.25, 0.3) is 0 Å². The van der Waals surface area contributed by atoms with Gasteiger partial charge >= 0.3 is 6.61 Å². The highest BCUT2D eigenvalue weighted by molar-refractivity contribution is 8.00. The van der Waals surface area contributed by atoms with Gasteiger partial charge in [-0.15, -0.1) is 11.3 Å². The third-order valence-electron chi connectivity index (χ3n) is 3.00. The number of amides is 1. The van der Waals surface area contributed by atoms with Crippen LogP contribution in [-0.4, -0.2) is 28.2 Å².